The normalized spacial score (nSPS) is 11.3. The Bertz CT molecular complexity index is 2220. The Labute approximate surface area is 251 Å². The van der Waals surface area contributed by atoms with Gasteiger partial charge in [0.25, 0.3) is 0 Å². The fourth-order valence-corrected chi connectivity index (χ4v) is 6.43. The van der Waals surface area contributed by atoms with Crippen LogP contribution in [0.5, 0.6) is 0 Å². The minimum absolute atomic E-state index is 1.12. The van der Waals surface area contributed by atoms with E-state index in [0.717, 1.165) is 17.1 Å². The summed E-state index contributed by atoms with van der Waals surface area (Å²) in [5, 5.41) is 7.56. The lowest BCUT2D eigenvalue weighted by Gasteiger charge is -2.28. The Morgan fingerprint density at radius 3 is 1.53 bits per heavy atom. The van der Waals surface area contributed by atoms with E-state index >= 15 is 0 Å². The third kappa shape index (κ3) is 4.43. The molecule has 1 nitrogen and oxygen atoms in total. The Morgan fingerprint density at radius 2 is 0.814 bits per heavy atom. The van der Waals surface area contributed by atoms with E-state index in [2.05, 4.69) is 181 Å². The first-order chi connectivity index (χ1) is 21.3. The molecule has 0 saturated heterocycles. The molecule has 0 radical (unpaired) electrons. The number of benzene rings is 8. The first-order valence-electron chi connectivity index (χ1n) is 14.8. The minimum Gasteiger partial charge on any atom is -0.310 e. The first kappa shape index (κ1) is 25.1. The second-order valence-corrected chi connectivity index (χ2v) is 11.0. The fraction of sp³-hybridized carbons (Fsp3) is 0. The Kier molecular flexibility index (Phi) is 6.20. The van der Waals surface area contributed by atoms with E-state index in [1.54, 1.807) is 0 Å². The average Bonchev–Trinajstić information content (AvgIpc) is 3.09. The van der Waals surface area contributed by atoms with Crippen molar-refractivity contribution in [1.29, 1.82) is 0 Å². The predicted octanol–water partition coefficient (Wildman–Crippen LogP) is 11.9. The molecule has 43 heavy (non-hydrogen) atoms. The van der Waals surface area contributed by atoms with E-state index < -0.39 is 0 Å². The summed E-state index contributed by atoms with van der Waals surface area (Å²) >= 11 is 0. The summed E-state index contributed by atoms with van der Waals surface area (Å²) in [7, 11) is 0. The van der Waals surface area contributed by atoms with Crippen LogP contribution in [0.1, 0.15) is 0 Å². The number of para-hydroxylation sites is 1. The van der Waals surface area contributed by atoms with Crippen molar-refractivity contribution >= 4 is 49.4 Å². The van der Waals surface area contributed by atoms with Gasteiger partial charge < -0.3 is 4.90 Å². The van der Waals surface area contributed by atoms with Crippen LogP contribution in [0.2, 0.25) is 0 Å². The van der Waals surface area contributed by atoms with Crippen molar-refractivity contribution in [2.24, 2.45) is 0 Å². The van der Waals surface area contributed by atoms with E-state index in [-0.39, 0.29) is 0 Å². The minimum atomic E-state index is 1.12. The third-order valence-corrected chi connectivity index (χ3v) is 8.45. The van der Waals surface area contributed by atoms with Crippen LogP contribution in [-0.4, -0.2) is 0 Å². The van der Waals surface area contributed by atoms with Gasteiger partial charge in [-0.1, -0.05) is 140 Å². The number of nitrogens with zero attached hydrogens (tertiary/aromatic N) is 1. The van der Waals surface area contributed by atoms with Crippen molar-refractivity contribution in [3.8, 4) is 22.3 Å². The maximum absolute atomic E-state index is 2.37. The molecule has 0 aliphatic carbocycles. The summed E-state index contributed by atoms with van der Waals surface area (Å²) in [5.74, 6) is 0. The molecule has 8 rings (SSSR count). The molecule has 0 saturated carbocycles. The molecule has 8 aromatic carbocycles. The monoisotopic (exact) mass is 547 g/mol. The quantitative estimate of drug-likeness (QED) is 0.194. The van der Waals surface area contributed by atoms with Crippen molar-refractivity contribution in [3.63, 3.8) is 0 Å². The maximum Gasteiger partial charge on any atom is 0.0540 e. The predicted molar refractivity (Wildman–Crippen MR) is 185 cm³/mol. The van der Waals surface area contributed by atoms with Crippen LogP contribution in [-0.2, 0) is 0 Å². The number of fused-ring (bicyclic) bond motifs is 4. The van der Waals surface area contributed by atoms with Gasteiger partial charge >= 0.3 is 0 Å². The zero-order valence-corrected chi connectivity index (χ0v) is 23.7. The van der Waals surface area contributed by atoms with E-state index in [4.69, 9.17) is 0 Å². The van der Waals surface area contributed by atoms with E-state index in [1.165, 1.54) is 54.6 Å². The highest BCUT2D eigenvalue weighted by Crippen LogP contribution is 2.44. The lowest BCUT2D eigenvalue weighted by Crippen LogP contribution is -2.10. The van der Waals surface area contributed by atoms with Gasteiger partial charge in [-0.15, -0.1) is 0 Å². The van der Waals surface area contributed by atoms with Gasteiger partial charge in [0.05, 0.1) is 5.69 Å². The zero-order chi connectivity index (χ0) is 28.6. The standard InChI is InChI=1S/C42H29N/c1-3-13-30(14-4-1)31-23-25-34(26-24-31)43(33-16-5-2-6-17-33)42-28-27-39(37-20-11-12-22-40(37)42)41-29-32-15-7-8-18-35(32)36-19-9-10-21-38(36)41/h1-29H. The lowest BCUT2D eigenvalue weighted by molar-refractivity contribution is 1.30. The number of anilines is 3. The largest absolute Gasteiger partial charge is 0.310 e. The highest BCUT2D eigenvalue weighted by molar-refractivity contribution is 6.17. The third-order valence-electron chi connectivity index (χ3n) is 8.45. The molecule has 0 amide bonds. The maximum atomic E-state index is 2.37. The van der Waals surface area contributed by atoms with Crippen molar-refractivity contribution in [2.75, 3.05) is 4.90 Å². The van der Waals surface area contributed by atoms with Gasteiger partial charge in [0.2, 0.25) is 0 Å². The Hall–Kier alpha value is -5.66. The molecule has 202 valence electrons. The topological polar surface area (TPSA) is 3.24 Å². The SMILES string of the molecule is c1ccc(-c2ccc(N(c3ccccc3)c3ccc(-c4cc5ccccc5c5ccccc45)c4ccccc34)cc2)cc1. The van der Waals surface area contributed by atoms with Gasteiger partial charge in [0.1, 0.15) is 0 Å². The van der Waals surface area contributed by atoms with Crippen LogP contribution in [0.25, 0.3) is 54.6 Å². The Balaban J connectivity index is 1.34. The molecular weight excluding hydrogens is 518 g/mol. The van der Waals surface area contributed by atoms with Crippen LogP contribution < -0.4 is 4.90 Å². The number of hydrogen-bond donors (Lipinski definition) is 0. The van der Waals surface area contributed by atoms with Gasteiger partial charge in [-0.05, 0) is 85.6 Å². The van der Waals surface area contributed by atoms with Crippen LogP contribution in [0.15, 0.2) is 176 Å². The summed E-state index contributed by atoms with van der Waals surface area (Å²) in [4.78, 5) is 2.37. The molecule has 1 heteroatoms. The van der Waals surface area contributed by atoms with Crippen LogP contribution in [0.4, 0.5) is 17.1 Å². The summed E-state index contributed by atoms with van der Waals surface area (Å²) < 4.78 is 0. The van der Waals surface area contributed by atoms with Crippen molar-refractivity contribution in [2.45, 2.75) is 0 Å². The summed E-state index contributed by atoms with van der Waals surface area (Å²) in [6, 6.07) is 63.4. The molecule has 0 spiro atoms. The molecule has 0 aliphatic heterocycles. The highest BCUT2D eigenvalue weighted by Gasteiger charge is 2.18. The number of rotatable bonds is 5. The average molecular weight is 548 g/mol. The molecule has 0 bridgehead atoms. The first-order valence-corrected chi connectivity index (χ1v) is 14.8. The Morgan fingerprint density at radius 1 is 0.302 bits per heavy atom. The van der Waals surface area contributed by atoms with Crippen LogP contribution in [0.3, 0.4) is 0 Å². The molecule has 8 aromatic rings. The molecule has 0 aliphatic rings. The summed E-state index contributed by atoms with van der Waals surface area (Å²) in [5.41, 5.74) is 8.34. The second-order valence-electron chi connectivity index (χ2n) is 11.0. The molecule has 0 atom stereocenters. The molecule has 0 fully saturated rings. The van der Waals surface area contributed by atoms with Gasteiger partial charge in [0, 0.05) is 16.8 Å². The summed E-state index contributed by atoms with van der Waals surface area (Å²) in [6.45, 7) is 0. The van der Waals surface area contributed by atoms with Gasteiger partial charge in [-0.3, -0.25) is 0 Å². The van der Waals surface area contributed by atoms with E-state index in [0.29, 0.717) is 0 Å². The molecular formula is C42H29N. The van der Waals surface area contributed by atoms with Gasteiger partial charge in [-0.2, -0.15) is 0 Å². The zero-order valence-electron chi connectivity index (χ0n) is 23.7. The number of hydrogen-bond acceptors (Lipinski definition) is 1. The van der Waals surface area contributed by atoms with Crippen molar-refractivity contribution < 1.29 is 0 Å². The summed E-state index contributed by atoms with van der Waals surface area (Å²) in [6.07, 6.45) is 0. The molecule has 0 unspecified atom stereocenters. The van der Waals surface area contributed by atoms with Crippen molar-refractivity contribution in [3.05, 3.63) is 176 Å². The van der Waals surface area contributed by atoms with Crippen molar-refractivity contribution in [1.82, 2.24) is 0 Å². The van der Waals surface area contributed by atoms with Crippen LogP contribution >= 0.6 is 0 Å². The molecule has 0 N–H and O–H groups in total. The lowest BCUT2D eigenvalue weighted by atomic mass is 9.90. The van der Waals surface area contributed by atoms with Gasteiger partial charge in [0.15, 0.2) is 0 Å². The fourth-order valence-electron chi connectivity index (χ4n) is 6.43. The van der Waals surface area contributed by atoms with E-state index in [1.807, 2.05) is 0 Å². The molecule has 0 aromatic heterocycles. The van der Waals surface area contributed by atoms with E-state index in [9.17, 15) is 0 Å². The highest BCUT2D eigenvalue weighted by atomic mass is 15.1. The molecule has 0 heterocycles. The smallest absolute Gasteiger partial charge is 0.0540 e. The van der Waals surface area contributed by atoms with Gasteiger partial charge in [-0.25, -0.2) is 0 Å². The van der Waals surface area contributed by atoms with Crippen LogP contribution in [0, 0.1) is 0 Å². The second kappa shape index (κ2) is 10.6.